The topological polar surface area (TPSA) is 63.9 Å². The first-order valence-electron chi connectivity index (χ1n) is 5.65. The van der Waals surface area contributed by atoms with E-state index in [4.69, 9.17) is 10.5 Å². The molecule has 4 heteroatoms. The van der Waals surface area contributed by atoms with Gasteiger partial charge in [0.05, 0.1) is 7.11 Å². The van der Waals surface area contributed by atoms with Crippen LogP contribution in [0.2, 0.25) is 0 Å². The summed E-state index contributed by atoms with van der Waals surface area (Å²) in [6, 6.07) is 5.96. The number of anilines is 1. The van der Waals surface area contributed by atoms with Gasteiger partial charge in [0.1, 0.15) is 5.75 Å². The van der Waals surface area contributed by atoms with Crippen molar-refractivity contribution in [1.82, 2.24) is 10.2 Å². The molecule has 4 nitrogen and oxygen atoms in total. The predicted molar refractivity (Wildman–Crippen MR) is 69.1 cm³/mol. The van der Waals surface area contributed by atoms with Crippen molar-refractivity contribution in [1.29, 1.82) is 0 Å². The molecule has 0 atom stereocenters. The quantitative estimate of drug-likeness (QED) is 0.853. The Morgan fingerprint density at radius 2 is 2.18 bits per heavy atom. The smallest absolute Gasteiger partial charge is 0.153 e. The minimum atomic E-state index is 0.551. The lowest BCUT2D eigenvalue weighted by Crippen LogP contribution is -1.93. The van der Waals surface area contributed by atoms with Crippen LogP contribution in [-0.4, -0.2) is 17.3 Å². The zero-order valence-corrected chi connectivity index (χ0v) is 10.4. The van der Waals surface area contributed by atoms with Crippen LogP contribution in [-0.2, 0) is 6.42 Å². The van der Waals surface area contributed by atoms with E-state index in [-0.39, 0.29) is 0 Å². The number of H-pyrrole nitrogens is 1. The number of hydrogen-bond acceptors (Lipinski definition) is 3. The molecule has 0 aliphatic rings. The van der Waals surface area contributed by atoms with E-state index in [1.807, 2.05) is 25.1 Å². The minimum absolute atomic E-state index is 0.551. The van der Waals surface area contributed by atoms with Crippen molar-refractivity contribution in [2.75, 3.05) is 12.8 Å². The van der Waals surface area contributed by atoms with Gasteiger partial charge in [-0.3, -0.25) is 5.10 Å². The average Bonchev–Trinajstić information content (AvgIpc) is 2.70. The lowest BCUT2D eigenvalue weighted by Gasteiger charge is -2.08. The van der Waals surface area contributed by atoms with Gasteiger partial charge in [0, 0.05) is 11.3 Å². The van der Waals surface area contributed by atoms with Crippen molar-refractivity contribution >= 4 is 5.82 Å². The fourth-order valence-electron chi connectivity index (χ4n) is 1.99. The van der Waals surface area contributed by atoms with Crippen molar-refractivity contribution in [3.8, 4) is 16.9 Å². The zero-order valence-electron chi connectivity index (χ0n) is 10.4. The highest BCUT2D eigenvalue weighted by Crippen LogP contribution is 2.32. The van der Waals surface area contributed by atoms with Crippen LogP contribution in [0.4, 0.5) is 5.82 Å². The number of nitrogens with one attached hydrogen (secondary N) is 1. The highest BCUT2D eigenvalue weighted by molar-refractivity contribution is 5.78. The lowest BCUT2D eigenvalue weighted by atomic mass is 9.99. The van der Waals surface area contributed by atoms with E-state index < -0.39 is 0 Å². The molecule has 1 heterocycles. The first-order valence-corrected chi connectivity index (χ1v) is 5.65. The molecule has 0 aliphatic heterocycles. The molecule has 0 saturated carbocycles. The molecule has 0 unspecified atom stereocenters. The van der Waals surface area contributed by atoms with Gasteiger partial charge in [-0.25, -0.2) is 0 Å². The Balaban J connectivity index is 2.56. The molecule has 0 radical (unpaired) electrons. The monoisotopic (exact) mass is 231 g/mol. The molecule has 0 aliphatic carbocycles. The Morgan fingerprint density at radius 1 is 1.41 bits per heavy atom. The van der Waals surface area contributed by atoms with Crippen LogP contribution in [0.1, 0.15) is 18.2 Å². The number of nitrogens with zero attached hydrogens (tertiary/aromatic N) is 1. The summed E-state index contributed by atoms with van der Waals surface area (Å²) >= 11 is 0. The largest absolute Gasteiger partial charge is 0.497 e. The summed E-state index contributed by atoms with van der Waals surface area (Å²) in [5.74, 6) is 1.40. The fraction of sp³-hybridized carbons (Fsp3) is 0.308. The fourth-order valence-corrected chi connectivity index (χ4v) is 1.99. The normalized spacial score (nSPS) is 10.5. The van der Waals surface area contributed by atoms with Crippen LogP contribution in [0.25, 0.3) is 11.1 Å². The molecule has 1 aromatic heterocycles. The highest BCUT2D eigenvalue weighted by Gasteiger charge is 2.13. The van der Waals surface area contributed by atoms with Crippen molar-refractivity contribution in [2.45, 2.75) is 20.3 Å². The second kappa shape index (κ2) is 4.49. The van der Waals surface area contributed by atoms with E-state index in [1.165, 1.54) is 0 Å². The number of nitrogens with two attached hydrogens (primary N) is 1. The van der Waals surface area contributed by atoms with Gasteiger partial charge in [0.2, 0.25) is 0 Å². The summed E-state index contributed by atoms with van der Waals surface area (Å²) in [5.41, 5.74) is 10.2. The molecule has 90 valence electrons. The maximum absolute atomic E-state index is 5.91. The van der Waals surface area contributed by atoms with Gasteiger partial charge in [0.15, 0.2) is 5.82 Å². The van der Waals surface area contributed by atoms with Crippen molar-refractivity contribution in [3.63, 3.8) is 0 Å². The van der Waals surface area contributed by atoms with E-state index in [0.29, 0.717) is 5.82 Å². The number of benzene rings is 1. The average molecular weight is 231 g/mol. The van der Waals surface area contributed by atoms with Crippen molar-refractivity contribution in [3.05, 3.63) is 29.5 Å². The predicted octanol–water partition coefficient (Wildman–Crippen LogP) is 2.54. The molecule has 0 bridgehead atoms. The molecular formula is C13H17N3O. The third-order valence-electron chi connectivity index (χ3n) is 2.93. The van der Waals surface area contributed by atoms with Gasteiger partial charge >= 0.3 is 0 Å². The van der Waals surface area contributed by atoms with Crippen LogP contribution in [0.5, 0.6) is 5.75 Å². The van der Waals surface area contributed by atoms with Crippen molar-refractivity contribution < 1.29 is 4.74 Å². The van der Waals surface area contributed by atoms with Gasteiger partial charge in [0.25, 0.3) is 0 Å². The molecular weight excluding hydrogens is 214 g/mol. The van der Waals surface area contributed by atoms with Gasteiger partial charge < -0.3 is 10.5 Å². The van der Waals surface area contributed by atoms with E-state index in [1.54, 1.807) is 7.11 Å². The first-order chi connectivity index (χ1) is 8.17. The van der Waals surface area contributed by atoms with Gasteiger partial charge in [-0.1, -0.05) is 13.0 Å². The van der Waals surface area contributed by atoms with Crippen LogP contribution >= 0.6 is 0 Å². The molecule has 0 fully saturated rings. The number of hydrogen-bond donors (Lipinski definition) is 2. The summed E-state index contributed by atoms with van der Waals surface area (Å²) in [6.07, 6.45) is 0.880. The molecule has 0 amide bonds. The Bertz CT molecular complexity index is 531. The Morgan fingerprint density at radius 3 is 2.76 bits per heavy atom. The standard InChI is InChI=1S/C13H17N3O/c1-4-11-12(13(14)16-15-11)10-6-5-9(17-3)7-8(10)2/h5-7H,4H2,1-3H3,(H3,14,15,16). The molecule has 2 rings (SSSR count). The van der Waals surface area contributed by atoms with Gasteiger partial charge in [-0.15, -0.1) is 0 Å². The molecule has 0 spiro atoms. The number of aromatic amines is 1. The summed E-state index contributed by atoms with van der Waals surface area (Å²) in [5, 5.41) is 7.04. The van der Waals surface area contributed by atoms with E-state index in [0.717, 1.165) is 34.6 Å². The SMILES string of the molecule is CCc1[nH]nc(N)c1-c1ccc(OC)cc1C. The lowest BCUT2D eigenvalue weighted by molar-refractivity contribution is 0.414. The maximum atomic E-state index is 5.91. The Hall–Kier alpha value is -1.97. The van der Waals surface area contributed by atoms with E-state index in [9.17, 15) is 0 Å². The second-order valence-electron chi connectivity index (χ2n) is 4.00. The van der Waals surface area contributed by atoms with Crippen LogP contribution in [0.15, 0.2) is 18.2 Å². The zero-order chi connectivity index (χ0) is 12.4. The number of rotatable bonds is 3. The molecule has 1 aromatic carbocycles. The van der Waals surface area contributed by atoms with E-state index in [2.05, 4.69) is 17.1 Å². The third kappa shape index (κ3) is 1.98. The number of ether oxygens (including phenoxy) is 1. The van der Waals surface area contributed by atoms with Gasteiger partial charge in [-0.2, -0.15) is 5.10 Å². The summed E-state index contributed by atoms with van der Waals surface area (Å²) < 4.78 is 5.20. The molecule has 2 aromatic rings. The Kier molecular flexibility index (Phi) is 3.04. The number of methoxy groups -OCH3 is 1. The molecule has 17 heavy (non-hydrogen) atoms. The van der Waals surface area contributed by atoms with E-state index >= 15 is 0 Å². The highest BCUT2D eigenvalue weighted by atomic mass is 16.5. The number of aryl methyl sites for hydroxylation is 2. The third-order valence-corrected chi connectivity index (χ3v) is 2.93. The summed E-state index contributed by atoms with van der Waals surface area (Å²) in [4.78, 5) is 0. The van der Waals surface area contributed by atoms with Crippen LogP contribution < -0.4 is 10.5 Å². The number of nitrogen functional groups attached to an aromatic ring is 1. The summed E-state index contributed by atoms with van der Waals surface area (Å²) in [7, 11) is 1.66. The summed E-state index contributed by atoms with van der Waals surface area (Å²) in [6.45, 7) is 4.12. The van der Waals surface area contributed by atoms with Gasteiger partial charge in [-0.05, 0) is 36.6 Å². The van der Waals surface area contributed by atoms with Crippen molar-refractivity contribution in [2.24, 2.45) is 0 Å². The maximum Gasteiger partial charge on any atom is 0.153 e. The van der Waals surface area contributed by atoms with Crippen LogP contribution in [0.3, 0.4) is 0 Å². The minimum Gasteiger partial charge on any atom is -0.497 e. The Labute approximate surface area is 101 Å². The molecule has 0 saturated heterocycles. The molecule has 3 N–H and O–H groups in total. The number of aromatic nitrogens is 2. The second-order valence-corrected chi connectivity index (χ2v) is 4.00. The van der Waals surface area contributed by atoms with Crippen LogP contribution in [0, 0.1) is 6.92 Å². The first kappa shape index (κ1) is 11.5.